The van der Waals surface area contributed by atoms with Gasteiger partial charge in [-0.15, -0.1) is 10.2 Å². The van der Waals surface area contributed by atoms with Gasteiger partial charge in [0.2, 0.25) is 5.91 Å². The van der Waals surface area contributed by atoms with Crippen LogP contribution in [0.15, 0.2) is 65.7 Å². The fourth-order valence-electron chi connectivity index (χ4n) is 2.81. The van der Waals surface area contributed by atoms with Crippen molar-refractivity contribution < 1.29 is 14.3 Å². The molecule has 0 saturated carbocycles. The van der Waals surface area contributed by atoms with Crippen LogP contribution in [-0.2, 0) is 4.79 Å². The van der Waals surface area contributed by atoms with Crippen molar-refractivity contribution in [1.82, 2.24) is 19.8 Å². The first-order chi connectivity index (χ1) is 14.7. The lowest BCUT2D eigenvalue weighted by Gasteiger charge is -2.07. The smallest absolute Gasteiger partial charge is 0.234 e. The second kappa shape index (κ2) is 8.83. The summed E-state index contributed by atoms with van der Waals surface area (Å²) in [6.45, 7) is 0. The van der Waals surface area contributed by atoms with E-state index in [9.17, 15) is 4.79 Å². The molecule has 0 saturated heterocycles. The molecule has 0 bridgehead atoms. The van der Waals surface area contributed by atoms with Crippen molar-refractivity contribution in [3.8, 4) is 22.9 Å². The molecule has 0 atom stereocenters. The molecular formula is C21H19N5O3S. The molecule has 0 aliphatic heterocycles. The van der Waals surface area contributed by atoms with Gasteiger partial charge in [0.05, 0.1) is 20.0 Å². The number of hydrogen-bond donors (Lipinski definition) is 1. The largest absolute Gasteiger partial charge is 0.497 e. The maximum absolute atomic E-state index is 12.3. The molecule has 30 heavy (non-hydrogen) atoms. The van der Waals surface area contributed by atoms with Crippen LogP contribution in [0.2, 0.25) is 0 Å². The van der Waals surface area contributed by atoms with Crippen molar-refractivity contribution in [2.75, 3.05) is 25.3 Å². The van der Waals surface area contributed by atoms with Gasteiger partial charge in [0.25, 0.3) is 0 Å². The molecule has 152 valence electrons. The molecule has 0 aliphatic carbocycles. The summed E-state index contributed by atoms with van der Waals surface area (Å²) in [6, 6.07) is 18.4. The molecule has 4 aromatic rings. The van der Waals surface area contributed by atoms with Crippen LogP contribution in [0.25, 0.3) is 17.0 Å². The van der Waals surface area contributed by atoms with E-state index in [1.54, 1.807) is 24.8 Å². The molecule has 4 rings (SSSR count). The third-order valence-corrected chi connectivity index (χ3v) is 5.21. The molecule has 9 heteroatoms. The summed E-state index contributed by atoms with van der Waals surface area (Å²) >= 11 is 1.34. The highest BCUT2D eigenvalue weighted by atomic mass is 32.2. The Morgan fingerprint density at radius 3 is 2.57 bits per heavy atom. The summed E-state index contributed by atoms with van der Waals surface area (Å²) in [5.74, 6) is 2.16. The zero-order chi connectivity index (χ0) is 20.9. The topological polar surface area (TPSA) is 90.6 Å². The number of thioether (sulfide) groups is 1. The first kappa shape index (κ1) is 19.7. The zero-order valence-corrected chi connectivity index (χ0v) is 17.2. The van der Waals surface area contributed by atoms with Crippen LogP contribution in [0.1, 0.15) is 0 Å². The van der Waals surface area contributed by atoms with Crippen LogP contribution in [0.3, 0.4) is 0 Å². The predicted molar refractivity (Wildman–Crippen MR) is 115 cm³/mol. The summed E-state index contributed by atoms with van der Waals surface area (Å²) in [7, 11) is 3.21. The van der Waals surface area contributed by atoms with Gasteiger partial charge in [0, 0.05) is 17.3 Å². The number of nitrogens with zero attached hydrogens (tertiary/aromatic N) is 4. The number of fused-ring (bicyclic) bond motifs is 1. The van der Waals surface area contributed by atoms with E-state index >= 15 is 0 Å². The quantitative estimate of drug-likeness (QED) is 0.457. The second-order valence-electron chi connectivity index (χ2n) is 6.26. The highest BCUT2D eigenvalue weighted by molar-refractivity contribution is 7.99. The molecule has 2 heterocycles. The third kappa shape index (κ3) is 4.36. The lowest BCUT2D eigenvalue weighted by atomic mass is 10.2. The first-order valence-electron chi connectivity index (χ1n) is 9.10. The molecule has 1 amide bonds. The van der Waals surface area contributed by atoms with Gasteiger partial charge >= 0.3 is 0 Å². The van der Waals surface area contributed by atoms with E-state index in [4.69, 9.17) is 9.47 Å². The number of hydrogen-bond acceptors (Lipinski definition) is 7. The van der Waals surface area contributed by atoms with Gasteiger partial charge in [-0.1, -0.05) is 17.8 Å². The summed E-state index contributed by atoms with van der Waals surface area (Å²) < 4.78 is 12.0. The normalized spacial score (nSPS) is 10.7. The molecule has 0 aliphatic rings. The van der Waals surface area contributed by atoms with Crippen molar-refractivity contribution >= 4 is 29.0 Å². The minimum absolute atomic E-state index is 0.130. The average Bonchev–Trinajstić information content (AvgIpc) is 3.21. The van der Waals surface area contributed by atoms with Crippen LogP contribution in [0.4, 0.5) is 5.69 Å². The van der Waals surface area contributed by atoms with Crippen LogP contribution >= 0.6 is 11.8 Å². The molecule has 0 unspecified atom stereocenters. The van der Waals surface area contributed by atoms with E-state index in [1.807, 2.05) is 54.6 Å². The fourth-order valence-corrected chi connectivity index (χ4v) is 3.46. The first-order valence-corrected chi connectivity index (χ1v) is 10.1. The van der Waals surface area contributed by atoms with Crippen LogP contribution < -0.4 is 14.8 Å². The van der Waals surface area contributed by atoms with E-state index in [2.05, 4.69) is 20.6 Å². The van der Waals surface area contributed by atoms with E-state index in [0.717, 1.165) is 11.3 Å². The highest BCUT2D eigenvalue weighted by Crippen LogP contribution is 2.23. The van der Waals surface area contributed by atoms with Crippen LogP contribution in [-0.4, -0.2) is 45.7 Å². The zero-order valence-electron chi connectivity index (χ0n) is 16.4. The SMILES string of the molecule is COc1ccc(-c2nnc3ccc(SCC(=O)Nc4cccc(OC)c4)nn23)cc1. The van der Waals surface area contributed by atoms with Gasteiger partial charge in [-0.25, -0.2) is 0 Å². The number of benzene rings is 2. The molecule has 0 radical (unpaired) electrons. The van der Waals surface area contributed by atoms with Crippen molar-refractivity contribution in [3.05, 3.63) is 60.7 Å². The number of ether oxygens (including phenoxy) is 2. The maximum Gasteiger partial charge on any atom is 0.234 e. The van der Waals surface area contributed by atoms with Crippen molar-refractivity contribution in [2.24, 2.45) is 0 Å². The standard InChI is InChI=1S/C21H19N5O3S/c1-28-16-8-6-14(7-9-16)21-24-23-18-10-11-20(25-26(18)21)30-13-19(27)22-15-4-3-5-17(12-15)29-2/h3-12H,13H2,1-2H3,(H,22,27). The van der Waals surface area contributed by atoms with Crippen molar-refractivity contribution in [3.63, 3.8) is 0 Å². The molecule has 0 fully saturated rings. The third-order valence-electron chi connectivity index (χ3n) is 4.29. The Bertz CT molecular complexity index is 1180. The minimum Gasteiger partial charge on any atom is -0.497 e. The van der Waals surface area contributed by atoms with E-state index in [-0.39, 0.29) is 11.7 Å². The molecule has 8 nitrogen and oxygen atoms in total. The summed E-state index contributed by atoms with van der Waals surface area (Å²) in [4.78, 5) is 12.3. The second-order valence-corrected chi connectivity index (χ2v) is 7.26. The monoisotopic (exact) mass is 421 g/mol. The summed E-state index contributed by atoms with van der Waals surface area (Å²) in [5.41, 5.74) is 2.18. The number of amides is 1. The molecule has 2 aromatic carbocycles. The van der Waals surface area contributed by atoms with Crippen LogP contribution in [0.5, 0.6) is 11.5 Å². The number of aromatic nitrogens is 4. The lowest BCUT2D eigenvalue weighted by Crippen LogP contribution is -2.14. The Balaban J connectivity index is 1.47. The van der Waals surface area contributed by atoms with Gasteiger partial charge in [0.15, 0.2) is 11.5 Å². The van der Waals surface area contributed by atoms with Crippen LogP contribution in [0, 0.1) is 0 Å². The van der Waals surface area contributed by atoms with Gasteiger partial charge in [0.1, 0.15) is 16.5 Å². The van der Waals surface area contributed by atoms with Gasteiger partial charge in [-0.05, 0) is 48.5 Å². The fraction of sp³-hybridized carbons (Fsp3) is 0.143. The van der Waals surface area contributed by atoms with Gasteiger partial charge in [-0.3, -0.25) is 4.79 Å². The maximum atomic E-state index is 12.3. The highest BCUT2D eigenvalue weighted by Gasteiger charge is 2.12. The predicted octanol–water partition coefficient (Wildman–Crippen LogP) is 3.54. The van der Waals surface area contributed by atoms with Crippen molar-refractivity contribution in [1.29, 1.82) is 0 Å². The molecular weight excluding hydrogens is 402 g/mol. The molecule has 0 spiro atoms. The van der Waals surface area contributed by atoms with E-state index in [0.29, 0.717) is 27.9 Å². The van der Waals surface area contributed by atoms with E-state index in [1.165, 1.54) is 11.8 Å². The minimum atomic E-state index is -0.130. The Hall–Kier alpha value is -3.59. The Labute approximate surface area is 177 Å². The number of rotatable bonds is 7. The number of carbonyl (C=O) groups is 1. The Morgan fingerprint density at radius 2 is 1.80 bits per heavy atom. The Kier molecular flexibility index (Phi) is 5.80. The van der Waals surface area contributed by atoms with Gasteiger partial charge in [-0.2, -0.15) is 9.61 Å². The number of methoxy groups -OCH3 is 2. The lowest BCUT2D eigenvalue weighted by molar-refractivity contribution is -0.113. The number of carbonyl (C=O) groups excluding carboxylic acids is 1. The molecule has 2 aromatic heterocycles. The van der Waals surface area contributed by atoms with Gasteiger partial charge < -0.3 is 14.8 Å². The van der Waals surface area contributed by atoms with E-state index < -0.39 is 0 Å². The summed E-state index contributed by atoms with van der Waals surface area (Å²) in [6.07, 6.45) is 0. The Morgan fingerprint density at radius 1 is 1.00 bits per heavy atom. The molecule has 1 N–H and O–H groups in total. The average molecular weight is 421 g/mol. The van der Waals surface area contributed by atoms with Crippen molar-refractivity contribution in [2.45, 2.75) is 5.03 Å². The summed E-state index contributed by atoms with van der Waals surface area (Å²) in [5, 5.41) is 16.5. The number of nitrogens with one attached hydrogen (secondary N) is 1. The number of anilines is 1.